The summed E-state index contributed by atoms with van der Waals surface area (Å²) in [6, 6.07) is 12.8. The Morgan fingerprint density at radius 1 is 1.23 bits per heavy atom. The number of anilines is 2. The van der Waals surface area contributed by atoms with Gasteiger partial charge in [0.15, 0.2) is 0 Å². The molecule has 5 heteroatoms. The minimum absolute atomic E-state index is 0.395. The summed E-state index contributed by atoms with van der Waals surface area (Å²) in [6.45, 7) is 3.30. The summed E-state index contributed by atoms with van der Waals surface area (Å²) in [5.41, 5.74) is 7.10. The predicted molar refractivity (Wildman–Crippen MR) is 89.7 cm³/mol. The Kier molecular flexibility index (Phi) is 4.85. The van der Waals surface area contributed by atoms with Crippen LogP contribution in [0.2, 0.25) is 0 Å². The molecule has 1 saturated heterocycles. The molecule has 0 unspecified atom stereocenters. The van der Waals surface area contributed by atoms with E-state index in [1.165, 1.54) is 18.5 Å². The lowest BCUT2D eigenvalue weighted by Crippen LogP contribution is -2.43. The third-order valence-electron chi connectivity index (χ3n) is 4.08. The average molecular weight is 297 g/mol. The van der Waals surface area contributed by atoms with E-state index in [4.69, 9.17) is 5.73 Å². The van der Waals surface area contributed by atoms with Gasteiger partial charge in [0.25, 0.3) is 0 Å². The van der Waals surface area contributed by atoms with Gasteiger partial charge in [0.05, 0.1) is 0 Å². The zero-order valence-electron chi connectivity index (χ0n) is 12.8. The van der Waals surface area contributed by atoms with Crippen molar-refractivity contribution >= 4 is 11.8 Å². The third kappa shape index (κ3) is 4.18. The normalized spacial score (nSPS) is 19.0. The predicted octanol–water partition coefficient (Wildman–Crippen LogP) is 2.18. The molecular formula is C17H23N5. The molecule has 116 valence electrons. The smallest absolute Gasteiger partial charge is 0.224 e. The van der Waals surface area contributed by atoms with Crippen molar-refractivity contribution in [1.29, 1.82) is 0 Å². The van der Waals surface area contributed by atoms with Gasteiger partial charge in [0, 0.05) is 25.3 Å². The van der Waals surface area contributed by atoms with Crippen LogP contribution in [0.25, 0.3) is 0 Å². The molecule has 0 saturated carbocycles. The van der Waals surface area contributed by atoms with Crippen LogP contribution in [0.15, 0.2) is 42.6 Å². The van der Waals surface area contributed by atoms with E-state index in [1.807, 2.05) is 0 Å². The second-order valence-electron chi connectivity index (χ2n) is 5.82. The van der Waals surface area contributed by atoms with Crippen LogP contribution in [0, 0.1) is 0 Å². The number of aromatic nitrogens is 2. The Balaban J connectivity index is 1.51. The standard InChI is InChI=1S/C17H23N5/c18-16-8-10-19-17(21-16)20-15-7-4-11-22(13-15)12-9-14-5-2-1-3-6-14/h1-3,5-6,8,10,15H,4,7,9,11-13H2,(H3,18,19,20,21)/t15-/m1/s1. The van der Waals surface area contributed by atoms with Gasteiger partial charge in [-0.15, -0.1) is 0 Å². The molecule has 0 radical (unpaired) electrons. The molecule has 1 atom stereocenters. The minimum atomic E-state index is 0.395. The van der Waals surface area contributed by atoms with Gasteiger partial charge in [-0.3, -0.25) is 0 Å². The number of hydrogen-bond acceptors (Lipinski definition) is 5. The van der Waals surface area contributed by atoms with Gasteiger partial charge in [-0.25, -0.2) is 4.98 Å². The van der Waals surface area contributed by atoms with E-state index in [0.29, 0.717) is 17.8 Å². The highest BCUT2D eigenvalue weighted by molar-refractivity contribution is 5.35. The van der Waals surface area contributed by atoms with Crippen molar-refractivity contribution in [3.05, 3.63) is 48.2 Å². The van der Waals surface area contributed by atoms with Gasteiger partial charge in [-0.2, -0.15) is 4.98 Å². The van der Waals surface area contributed by atoms with Gasteiger partial charge in [0.2, 0.25) is 5.95 Å². The monoisotopic (exact) mass is 297 g/mol. The lowest BCUT2D eigenvalue weighted by Gasteiger charge is -2.33. The van der Waals surface area contributed by atoms with E-state index in [9.17, 15) is 0 Å². The van der Waals surface area contributed by atoms with E-state index in [-0.39, 0.29) is 0 Å². The maximum Gasteiger partial charge on any atom is 0.224 e. The molecule has 2 heterocycles. The first-order valence-electron chi connectivity index (χ1n) is 7.91. The van der Waals surface area contributed by atoms with E-state index in [1.54, 1.807) is 12.3 Å². The lowest BCUT2D eigenvalue weighted by atomic mass is 10.0. The van der Waals surface area contributed by atoms with E-state index in [0.717, 1.165) is 25.9 Å². The Morgan fingerprint density at radius 2 is 2.09 bits per heavy atom. The number of hydrogen-bond donors (Lipinski definition) is 2. The number of nitrogen functional groups attached to an aromatic ring is 1. The van der Waals surface area contributed by atoms with Crippen LogP contribution in [0.3, 0.4) is 0 Å². The van der Waals surface area contributed by atoms with Crippen LogP contribution in [-0.2, 0) is 6.42 Å². The summed E-state index contributed by atoms with van der Waals surface area (Å²) in [6.07, 6.45) is 5.15. The van der Waals surface area contributed by atoms with Crippen molar-refractivity contribution in [2.75, 3.05) is 30.7 Å². The highest BCUT2D eigenvalue weighted by Gasteiger charge is 2.20. The molecule has 3 rings (SSSR count). The molecule has 0 bridgehead atoms. The molecule has 1 aromatic carbocycles. The fraction of sp³-hybridized carbons (Fsp3) is 0.412. The van der Waals surface area contributed by atoms with Gasteiger partial charge >= 0.3 is 0 Å². The fourth-order valence-electron chi connectivity index (χ4n) is 2.93. The van der Waals surface area contributed by atoms with Crippen molar-refractivity contribution in [1.82, 2.24) is 14.9 Å². The SMILES string of the molecule is Nc1ccnc(N[C@@H]2CCCN(CCc3ccccc3)C2)n1. The quantitative estimate of drug-likeness (QED) is 0.885. The molecule has 3 N–H and O–H groups in total. The summed E-state index contributed by atoms with van der Waals surface area (Å²) in [5, 5.41) is 3.41. The molecule has 1 aromatic heterocycles. The molecule has 0 amide bonds. The number of nitrogens with one attached hydrogen (secondary N) is 1. The number of rotatable bonds is 5. The van der Waals surface area contributed by atoms with E-state index in [2.05, 4.69) is 50.5 Å². The lowest BCUT2D eigenvalue weighted by molar-refractivity contribution is 0.218. The maximum atomic E-state index is 5.70. The first-order chi connectivity index (χ1) is 10.8. The van der Waals surface area contributed by atoms with Crippen molar-refractivity contribution in [3.8, 4) is 0 Å². The maximum absolute atomic E-state index is 5.70. The van der Waals surface area contributed by atoms with Crippen molar-refractivity contribution in [2.24, 2.45) is 0 Å². The highest BCUT2D eigenvalue weighted by atomic mass is 15.2. The number of likely N-dealkylation sites (tertiary alicyclic amines) is 1. The Morgan fingerprint density at radius 3 is 2.91 bits per heavy atom. The average Bonchev–Trinajstić information content (AvgIpc) is 2.54. The first-order valence-corrected chi connectivity index (χ1v) is 7.91. The summed E-state index contributed by atoms with van der Waals surface area (Å²) in [4.78, 5) is 11.0. The fourth-order valence-corrected chi connectivity index (χ4v) is 2.93. The largest absolute Gasteiger partial charge is 0.384 e. The number of piperidine rings is 1. The van der Waals surface area contributed by atoms with Crippen LogP contribution in [0.5, 0.6) is 0 Å². The summed E-state index contributed by atoms with van der Waals surface area (Å²) in [7, 11) is 0. The van der Waals surface area contributed by atoms with Crippen LogP contribution >= 0.6 is 0 Å². The van der Waals surface area contributed by atoms with E-state index < -0.39 is 0 Å². The summed E-state index contributed by atoms with van der Waals surface area (Å²) < 4.78 is 0. The molecule has 0 aliphatic carbocycles. The van der Waals surface area contributed by atoms with E-state index >= 15 is 0 Å². The molecule has 1 aliphatic rings. The zero-order chi connectivity index (χ0) is 15.2. The Labute approximate surface area is 131 Å². The Bertz CT molecular complexity index is 587. The first kappa shape index (κ1) is 14.8. The van der Waals surface area contributed by atoms with Crippen molar-refractivity contribution < 1.29 is 0 Å². The summed E-state index contributed by atoms with van der Waals surface area (Å²) >= 11 is 0. The number of nitrogens with zero attached hydrogens (tertiary/aromatic N) is 3. The van der Waals surface area contributed by atoms with Gasteiger partial charge < -0.3 is 16.0 Å². The minimum Gasteiger partial charge on any atom is -0.384 e. The molecular weight excluding hydrogens is 274 g/mol. The molecule has 1 fully saturated rings. The molecule has 2 aromatic rings. The van der Waals surface area contributed by atoms with Crippen molar-refractivity contribution in [2.45, 2.75) is 25.3 Å². The van der Waals surface area contributed by atoms with Crippen LogP contribution < -0.4 is 11.1 Å². The van der Waals surface area contributed by atoms with Gasteiger partial charge in [-0.05, 0) is 37.4 Å². The van der Waals surface area contributed by atoms with Crippen LogP contribution in [0.1, 0.15) is 18.4 Å². The summed E-state index contributed by atoms with van der Waals surface area (Å²) in [5.74, 6) is 1.14. The molecule has 22 heavy (non-hydrogen) atoms. The number of benzene rings is 1. The zero-order valence-corrected chi connectivity index (χ0v) is 12.8. The second kappa shape index (κ2) is 7.22. The second-order valence-corrected chi connectivity index (χ2v) is 5.82. The van der Waals surface area contributed by atoms with Crippen molar-refractivity contribution in [3.63, 3.8) is 0 Å². The van der Waals surface area contributed by atoms with Crippen LogP contribution in [0.4, 0.5) is 11.8 Å². The van der Waals surface area contributed by atoms with Gasteiger partial charge in [0.1, 0.15) is 5.82 Å². The highest BCUT2D eigenvalue weighted by Crippen LogP contribution is 2.15. The third-order valence-corrected chi connectivity index (χ3v) is 4.08. The number of nitrogens with two attached hydrogens (primary N) is 1. The van der Waals surface area contributed by atoms with Gasteiger partial charge in [-0.1, -0.05) is 30.3 Å². The van der Waals surface area contributed by atoms with Crippen LogP contribution in [-0.4, -0.2) is 40.5 Å². The molecule has 0 spiro atoms. The molecule has 5 nitrogen and oxygen atoms in total. The topological polar surface area (TPSA) is 67.1 Å². The Hall–Kier alpha value is -2.14. The molecule has 1 aliphatic heterocycles.